The van der Waals surface area contributed by atoms with Gasteiger partial charge in [-0.15, -0.1) is 0 Å². The second-order valence-electron chi connectivity index (χ2n) is 4.90. The van der Waals surface area contributed by atoms with Gasteiger partial charge in [0.25, 0.3) is 0 Å². The minimum atomic E-state index is -4.39. The van der Waals surface area contributed by atoms with Gasteiger partial charge in [0.15, 0.2) is 0 Å². The number of hydrogen-bond acceptors (Lipinski definition) is 3. The van der Waals surface area contributed by atoms with Crippen LogP contribution in [0.2, 0.25) is 0 Å². The summed E-state index contributed by atoms with van der Waals surface area (Å²) in [6.45, 7) is 2.19. The molecule has 0 heterocycles. The number of aliphatic hydroxyl groups is 1. The highest BCUT2D eigenvalue weighted by atomic mass is 19.4. The Morgan fingerprint density at radius 1 is 1.47 bits per heavy atom. The van der Waals surface area contributed by atoms with Crippen LogP contribution >= 0.6 is 0 Å². The summed E-state index contributed by atoms with van der Waals surface area (Å²) in [5.41, 5.74) is -0.343. The first-order valence-electron chi connectivity index (χ1n) is 5.38. The number of aliphatic hydroxyl groups excluding tert-OH is 1. The van der Waals surface area contributed by atoms with E-state index in [-0.39, 0.29) is 18.0 Å². The van der Waals surface area contributed by atoms with E-state index in [4.69, 9.17) is 0 Å². The predicted molar refractivity (Wildman–Crippen MR) is 55.3 cm³/mol. The normalized spacial score (nSPS) is 27.4. The molecule has 17 heavy (non-hydrogen) atoms. The monoisotopic (exact) mass is 254 g/mol. The molecule has 1 fully saturated rings. The Morgan fingerprint density at radius 2 is 2.06 bits per heavy atom. The fourth-order valence-corrected chi connectivity index (χ4v) is 1.73. The van der Waals surface area contributed by atoms with E-state index in [0.29, 0.717) is 6.42 Å². The van der Waals surface area contributed by atoms with Gasteiger partial charge in [-0.25, -0.2) is 0 Å². The summed E-state index contributed by atoms with van der Waals surface area (Å²) in [5.74, 6) is -0.695. The Kier molecular flexibility index (Phi) is 4.03. The molecule has 0 aromatic rings. The van der Waals surface area contributed by atoms with E-state index in [1.807, 2.05) is 13.8 Å². The maximum absolute atomic E-state index is 11.8. The molecule has 7 heteroatoms. The zero-order chi connectivity index (χ0) is 13.3. The van der Waals surface area contributed by atoms with Gasteiger partial charge in [0.1, 0.15) is 6.54 Å². The number of amides is 1. The molecule has 1 saturated carbocycles. The van der Waals surface area contributed by atoms with Gasteiger partial charge in [0.2, 0.25) is 5.91 Å². The van der Waals surface area contributed by atoms with Crippen LogP contribution in [0.4, 0.5) is 13.2 Å². The van der Waals surface area contributed by atoms with Crippen LogP contribution in [0.15, 0.2) is 0 Å². The average Bonchev–Trinajstić information content (AvgIpc) is 2.20. The lowest BCUT2D eigenvalue weighted by Crippen LogP contribution is -2.61. The van der Waals surface area contributed by atoms with Crippen molar-refractivity contribution in [2.75, 3.05) is 13.1 Å². The quantitative estimate of drug-likeness (QED) is 0.681. The maximum atomic E-state index is 11.8. The van der Waals surface area contributed by atoms with Crippen molar-refractivity contribution in [3.05, 3.63) is 0 Å². The molecule has 0 aromatic carbocycles. The zero-order valence-electron chi connectivity index (χ0n) is 9.77. The summed E-state index contributed by atoms with van der Waals surface area (Å²) >= 11 is 0. The van der Waals surface area contributed by atoms with Gasteiger partial charge in [-0.3, -0.25) is 4.79 Å². The van der Waals surface area contributed by atoms with Crippen LogP contribution in [0.1, 0.15) is 20.3 Å². The Bertz CT molecular complexity index is 292. The van der Waals surface area contributed by atoms with Crippen LogP contribution in [0.25, 0.3) is 0 Å². The highest BCUT2D eigenvalue weighted by molar-refractivity contribution is 5.78. The average molecular weight is 254 g/mol. The molecule has 4 nitrogen and oxygen atoms in total. The Balaban J connectivity index is 2.22. The van der Waals surface area contributed by atoms with Gasteiger partial charge in [-0.1, -0.05) is 13.8 Å². The van der Waals surface area contributed by atoms with E-state index in [0.717, 1.165) is 0 Å². The largest absolute Gasteiger partial charge is 0.405 e. The van der Waals surface area contributed by atoms with Crippen molar-refractivity contribution in [1.29, 1.82) is 0 Å². The van der Waals surface area contributed by atoms with Crippen molar-refractivity contribution in [2.24, 2.45) is 5.41 Å². The van der Waals surface area contributed by atoms with E-state index in [1.54, 1.807) is 5.32 Å². The molecule has 2 unspecified atom stereocenters. The topological polar surface area (TPSA) is 61.4 Å². The number of rotatable bonds is 4. The number of alkyl halides is 3. The number of carbonyl (C=O) groups excluding carboxylic acids is 1. The molecule has 3 N–H and O–H groups in total. The summed E-state index contributed by atoms with van der Waals surface area (Å²) in [6.07, 6.45) is -4.31. The van der Waals surface area contributed by atoms with E-state index in [9.17, 15) is 23.1 Å². The molecule has 1 amide bonds. The lowest BCUT2D eigenvalue weighted by atomic mass is 9.64. The first kappa shape index (κ1) is 14.2. The van der Waals surface area contributed by atoms with Gasteiger partial charge in [-0.05, 0) is 6.42 Å². The highest BCUT2D eigenvalue weighted by Crippen LogP contribution is 2.40. The van der Waals surface area contributed by atoms with E-state index in [2.05, 4.69) is 5.32 Å². The Hall–Kier alpha value is -0.820. The Morgan fingerprint density at radius 3 is 2.47 bits per heavy atom. The molecule has 0 aliphatic heterocycles. The minimum Gasteiger partial charge on any atom is -0.392 e. The summed E-state index contributed by atoms with van der Waals surface area (Å²) < 4.78 is 35.4. The molecule has 2 atom stereocenters. The van der Waals surface area contributed by atoms with Crippen molar-refractivity contribution in [3.63, 3.8) is 0 Å². The molecule has 1 rings (SSSR count). The minimum absolute atomic E-state index is 0.0471. The molecule has 100 valence electrons. The predicted octanol–water partition coefficient (Wildman–Crippen LogP) is 0.414. The van der Waals surface area contributed by atoms with Gasteiger partial charge in [-0.2, -0.15) is 13.2 Å². The molecule has 0 aromatic heterocycles. The SMILES string of the molecule is CC1(C)C(O)CC1NCC(=O)NCC(F)(F)F. The molecule has 1 aliphatic carbocycles. The van der Waals surface area contributed by atoms with Crippen LogP contribution in [0.3, 0.4) is 0 Å². The fourth-order valence-electron chi connectivity index (χ4n) is 1.73. The smallest absolute Gasteiger partial charge is 0.392 e. The van der Waals surface area contributed by atoms with Gasteiger partial charge < -0.3 is 15.7 Å². The van der Waals surface area contributed by atoms with E-state index < -0.39 is 24.7 Å². The van der Waals surface area contributed by atoms with Crippen LogP contribution in [-0.4, -0.2) is 42.4 Å². The molecule has 0 spiro atoms. The number of halogens is 3. The number of nitrogens with one attached hydrogen (secondary N) is 2. The standard InChI is InChI=1S/C10H17F3N2O2/c1-9(2)6(3-7(9)16)14-4-8(17)15-5-10(11,12)13/h6-7,14,16H,3-5H2,1-2H3,(H,15,17). The van der Waals surface area contributed by atoms with Gasteiger partial charge in [0, 0.05) is 11.5 Å². The number of carbonyl (C=O) groups is 1. The molecule has 1 aliphatic rings. The van der Waals surface area contributed by atoms with Crippen molar-refractivity contribution in [1.82, 2.24) is 10.6 Å². The molecule has 0 radical (unpaired) electrons. The second kappa shape index (κ2) is 4.81. The molecular formula is C10H17F3N2O2. The van der Waals surface area contributed by atoms with Gasteiger partial charge in [0.05, 0.1) is 12.6 Å². The lowest BCUT2D eigenvalue weighted by Gasteiger charge is -2.49. The van der Waals surface area contributed by atoms with Crippen molar-refractivity contribution in [3.8, 4) is 0 Å². The summed E-state index contributed by atoms with van der Waals surface area (Å²) in [6, 6.07) is -0.0471. The molecule has 0 bridgehead atoms. The van der Waals surface area contributed by atoms with Crippen LogP contribution in [0, 0.1) is 5.41 Å². The second-order valence-corrected chi connectivity index (χ2v) is 4.90. The summed E-state index contributed by atoms with van der Waals surface area (Å²) in [7, 11) is 0. The lowest BCUT2D eigenvalue weighted by molar-refractivity contribution is -0.138. The van der Waals surface area contributed by atoms with Gasteiger partial charge >= 0.3 is 6.18 Å². The number of hydrogen-bond donors (Lipinski definition) is 3. The third-order valence-electron chi connectivity index (χ3n) is 3.21. The molecule has 0 saturated heterocycles. The maximum Gasteiger partial charge on any atom is 0.405 e. The third-order valence-corrected chi connectivity index (χ3v) is 3.21. The van der Waals surface area contributed by atoms with Crippen LogP contribution < -0.4 is 10.6 Å². The summed E-state index contributed by atoms with van der Waals surface area (Å²) in [5, 5.41) is 14.0. The first-order valence-corrected chi connectivity index (χ1v) is 5.38. The fraction of sp³-hybridized carbons (Fsp3) is 0.900. The van der Waals surface area contributed by atoms with Crippen molar-refractivity contribution < 1.29 is 23.1 Å². The van der Waals surface area contributed by atoms with Crippen molar-refractivity contribution >= 4 is 5.91 Å². The van der Waals surface area contributed by atoms with Crippen LogP contribution in [-0.2, 0) is 4.79 Å². The van der Waals surface area contributed by atoms with Crippen molar-refractivity contribution in [2.45, 2.75) is 38.6 Å². The first-order chi connectivity index (χ1) is 7.63. The van der Waals surface area contributed by atoms with E-state index in [1.165, 1.54) is 0 Å². The zero-order valence-corrected chi connectivity index (χ0v) is 9.77. The summed E-state index contributed by atoms with van der Waals surface area (Å²) in [4.78, 5) is 11.1. The highest BCUT2D eigenvalue weighted by Gasteiger charge is 2.47. The van der Waals surface area contributed by atoms with E-state index >= 15 is 0 Å². The third kappa shape index (κ3) is 3.85. The Labute approximate surface area is 97.6 Å². The van der Waals surface area contributed by atoms with Crippen LogP contribution in [0.5, 0.6) is 0 Å². The molecular weight excluding hydrogens is 237 g/mol.